The number of anilines is 2. The summed E-state index contributed by atoms with van der Waals surface area (Å²) in [4.78, 5) is 2.66. The average molecular weight is 783 g/mol. The minimum absolute atomic E-state index is 0.0221. The molecule has 5 heteroatoms. The summed E-state index contributed by atoms with van der Waals surface area (Å²) in [7, 11) is 0. The molecule has 0 spiro atoms. The Balaban J connectivity index is 1.23. The Kier molecular flexibility index (Phi) is 6.85. The minimum Gasteiger partial charge on any atom is -0.456 e. The minimum atomic E-state index is -0.0548. The molecule has 7 aromatic carbocycles. The van der Waals surface area contributed by atoms with Gasteiger partial charge in [-0.1, -0.05) is 129 Å². The van der Waals surface area contributed by atoms with Gasteiger partial charge in [0.25, 0.3) is 0 Å². The molecule has 0 atom stereocenters. The van der Waals surface area contributed by atoms with Crippen LogP contribution in [0.1, 0.15) is 79.0 Å². The summed E-state index contributed by atoms with van der Waals surface area (Å²) in [6, 6.07) is 46.9. The Morgan fingerprint density at radius 2 is 1.17 bits per heavy atom. The number of benzene rings is 7. The lowest BCUT2D eigenvalue weighted by molar-refractivity contribution is 0.587. The predicted octanol–water partition coefficient (Wildman–Crippen LogP) is 14.2. The molecule has 0 unspecified atom stereocenters. The van der Waals surface area contributed by atoms with E-state index in [1.165, 1.54) is 97.8 Å². The Morgan fingerprint density at radius 1 is 0.492 bits per heavy atom. The van der Waals surface area contributed by atoms with E-state index < -0.39 is 0 Å². The molecule has 5 heterocycles. The molecule has 3 aromatic heterocycles. The summed E-state index contributed by atoms with van der Waals surface area (Å²) in [6.07, 6.45) is 0. The molecule has 12 rings (SSSR count). The average Bonchev–Trinajstić information content (AvgIpc) is 3.86. The molecule has 10 aromatic rings. The van der Waals surface area contributed by atoms with E-state index in [-0.39, 0.29) is 23.1 Å². The van der Waals surface area contributed by atoms with E-state index in [1.54, 1.807) is 0 Å². The highest BCUT2D eigenvalue weighted by molar-refractivity contribution is 7.25. The molecule has 0 radical (unpaired) electrons. The first-order chi connectivity index (χ1) is 28.1. The second-order valence-corrected chi connectivity index (χ2v) is 21.3. The summed E-state index contributed by atoms with van der Waals surface area (Å²) in [5.74, 6) is 0. The first kappa shape index (κ1) is 35.2. The van der Waals surface area contributed by atoms with Crippen LogP contribution in [0.15, 0.2) is 126 Å². The fourth-order valence-electron chi connectivity index (χ4n) is 10.2. The first-order valence-corrected chi connectivity index (χ1v) is 21.9. The van der Waals surface area contributed by atoms with Gasteiger partial charge in [-0.05, 0) is 104 Å². The zero-order valence-electron chi connectivity index (χ0n) is 35.3. The van der Waals surface area contributed by atoms with Crippen LogP contribution in [0.3, 0.4) is 0 Å². The fraction of sp³-hybridized carbons (Fsp3) is 0.222. The molecule has 0 amide bonds. The van der Waals surface area contributed by atoms with Crippen molar-refractivity contribution >= 4 is 104 Å². The maximum Gasteiger partial charge on any atom is 0.333 e. The van der Waals surface area contributed by atoms with Crippen LogP contribution in [-0.2, 0) is 16.2 Å². The van der Waals surface area contributed by atoms with Crippen LogP contribution in [0.5, 0.6) is 0 Å². The zero-order chi connectivity index (χ0) is 40.5. The van der Waals surface area contributed by atoms with Crippen molar-refractivity contribution in [2.45, 2.75) is 78.6 Å². The molecule has 0 N–H and O–H groups in total. The van der Waals surface area contributed by atoms with Crippen molar-refractivity contribution in [3.05, 3.63) is 138 Å². The lowest BCUT2D eigenvalue weighted by atomic mass is 9.43. The number of nitrogens with zero attached hydrogens (tertiary/aromatic N) is 2. The lowest BCUT2D eigenvalue weighted by Gasteiger charge is -2.42. The van der Waals surface area contributed by atoms with Gasteiger partial charge in [0, 0.05) is 64.3 Å². The molecule has 288 valence electrons. The molecule has 59 heavy (non-hydrogen) atoms. The summed E-state index contributed by atoms with van der Waals surface area (Å²) in [5.41, 5.74) is 17.3. The van der Waals surface area contributed by atoms with Crippen molar-refractivity contribution in [3.63, 3.8) is 0 Å². The molecule has 0 aliphatic carbocycles. The Bertz CT molecular complexity index is 3450. The van der Waals surface area contributed by atoms with Gasteiger partial charge in [0.1, 0.15) is 11.2 Å². The van der Waals surface area contributed by atoms with Gasteiger partial charge in [-0.3, -0.25) is 0 Å². The van der Waals surface area contributed by atoms with Gasteiger partial charge in [0.15, 0.2) is 0 Å². The van der Waals surface area contributed by atoms with Crippen molar-refractivity contribution in [2.75, 3.05) is 4.81 Å². The van der Waals surface area contributed by atoms with Crippen LogP contribution in [0.4, 0.5) is 11.4 Å². The smallest absolute Gasteiger partial charge is 0.333 e. The van der Waals surface area contributed by atoms with Gasteiger partial charge in [0.05, 0.1) is 11.0 Å². The van der Waals surface area contributed by atoms with Crippen LogP contribution in [-0.4, -0.2) is 11.4 Å². The predicted molar refractivity (Wildman–Crippen MR) is 256 cm³/mol. The number of aromatic nitrogens is 1. The van der Waals surface area contributed by atoms with Crippen LogP contribution < -0.4 is 15.7 Å². The van der Waals surface area contributed by atoms with E-state index in [0.717, 1.165) is 21.9 Å². The maximum atomic E-state index is 6.82. The third kappa shape index (κ3) is 4.88. The topological polar surface area (TPSA) is 21.3 Å². The molecule has 0 fully saturated rings. The number of hydrogen-bond acceptors (Lipinski definition) is 3. The molecule has 3 nitrogen and oxygen atoms in total. The molecule has 2 aliphatic heterocycles. The first-order valence-electron chi connectivity index (χ1n) is 21.1. The van der Waals surface area contributed by atoms with Crippen molar-refractivity contribution in [2.24, 2.45) is 0 Å². The van der Waals surface area contributed by atoms with Gasteiger partial charge in [0.2, 0.25) is 0 Å². The van der Waals surface area contributed by atoms with E-state index in [2.05, 4.69) is 193 Å². The summed E-state index contributed by atoms with van der Waals surface area (Å²) in [5, 5.41) is 7.59. The zero-order valence-corrected chi connectivity index (χ0v) is 36.2. The van der Waals surface area contributed by atoms with E-state index in [4.69, 9.17) is 4.42 Å². The third-order valence-electron chi connectivity index (χ3n) is 13.4. The van der Waals surface area contributed by atoms with Crippen LogP contribution in [0.25, 0.3) is 80.7 Å². The molecule has 0 bridgehead atoms. The monoisotopic (exact) mass is 782 g/mol. The van der Waals surface area contributed by atoms with Crippen molar-refractivity contribution in [1.29, 1.82) is 0 Å². The van der Waals surface area contributed by atoms with Crippen LogP contribution >= 0.6 is 11.3 Å². The maximum absolute atomic E-state index is 6.82. The van der Waals surface area contributed by atoms with Crippen molar-refractivity contribution in [3.8, 4) is 16.8 Å². The van der Waals surface area contributed by atoms with E-state index in [1.807, 2.05) is 11.3 Å². The van der Waals surface area contributed by atoms with E-state index >= 15 is 0 Å². The molecule has 0 saturated carbocycles. The quantitative estimate of drug-likeness (QED) is 0.155. The largest absolute Gasteiger partial charge is 0.456 e. The van der Waals surface area contributed by atoms with Crippen molar-refractivity contribution in [1.82, 2.24) is 4.57 Å². The molecule has 2 aliphatic rings. The van der Waals surface area contributed by atoms with Crippen LogP contribution in [0.2, 0.25) is 0 Å². The Hall–Kier alpha value is -5.78. The number of furan rings is 1. The number of rotatable bonds is 1. The highest BCUT2D eigenvalue weighted by Gasteiger charge is 2.44. The van der Waals surface area contributed by atoms with Gasteiger partial charge in [-0.25, -0.2) is 0 Å². The van der Waals surface area contributed by atoms with Gasteiger partial charge in [-0.15, -0.1) is 11.3 Å². The van der Waals surface area contributed by atoms with Gasteiger partial charge < -0.3 is 13.8 Å². The number of thiophene rings is 1. The number of hydrogen-bond donors (Lipinski definition) is 0. The SMILES string of the molecule is CC(C)(C)c1ccc(N2B3c4cc(C(C)(C)C)ccc4-n4c5cc6sc7ccccc7c6cc5c5ccc(c3c54)-c3cc4oc5cc(C(C)(C)C)ccc5c4cc32)cc1. The highest BCUT2D eigenvalue weighted by atomic mass is 32.1. The van der Waals surface area contributed by atoms with E-state index in [0.29, 0.717) is 0 Å². The number of fused-ring (bicyclic) bond motifs is 14. The molecular weight excluding hydrogens is 735 g/mol. The summed E-state index contributed by atoms with van der Waals surface area (Å²) in [6.45, 7) is 20.7. The third-order valence-corrected chi connectivity index (χ3v) is 14.6. The van der Waals surface area contributed by atoms with Gasteiger partial charge >= 0.3 is 6.85 Å². The highest BCUT2D eigenvalue weighted by Crippen LogP contribution is 2.49. The second kappa shape index (κ2) is 11.5. The summed E-state index contributed by atoms with van der Waals surface area (Å²) >= 11 is 1.90. The lowest BCUT2D eigenvalue weighted by Crippen LogP contribution is -2.60. The molecule has 0 saturated heterocycles. The van der Waals surface area contributed by atoms with E-state index in [9.17, 15) is 0 Å². The standard InChI is InChI=1S/C54H47BN2OS/c1-52(2,3)30-14-18-33(19-15-30)57-45-27-40-34-20-16-32(54(7,8)9)25-46(34)58-47(40)28-39(45)36-21-22-37-38-26-41-35-12-10-11-13-48(35)59-49(41)29-44(38)56-43-23-17-31(53(4,5)6)24-42(43)55(57)50(36)51(37)56/h10-29H,1-9H3. The normalized spacial score (nSPS) is 14.1. The summed E-state index contributed by atoms with van der Waals surface area (Å²) < 4.78 is 12.1. The Morgan fingerprint density at radius 3 is 1.93 bits per heavy atom. The fourth-order valence-corrected chi connectivity index (χ4v) is 11.3. The van der Waals surface area contributed by atoms with Crippen LogP contribution in [0, 0.1) is 0 Å². The second-order valence-electron chi connectivity index (χ2n) is 20.2. The Labute approximate surface area is 350 Å². The molecular formula is C54H47BN2OS. The van der Waals surface area contributed by atoms with Gasteiger partial charge in [-0.2, -0.15) is 0 Å². The van der Waals surface area contributed by atoms with Crippen molar-refractivity contribution < 1.29 is 4.42 Å².